The molecule has 0 amide bonds. The van der Waals surface area contributed by atoms with E-state index in [1.54, 1.807) is 18.0 Å². The van der Waals surface area contributed by atoms with Crippen LogP contribution in [0.2, 0.25) is 0 Å². The number of hydrogen-bond donors (Lipinski definition) is 0. The van der Waals surface area contributed by atoms with Crippen LogP contribution >= 0.6 is 0 Å². The van der Waals surface area contributed by atoms with Gasteiger partial charge in [-0.2, -0.15) is 5.10 Å². The summed E-state index contributed by atoms with van der Waals surface area (Å²) in [6.45, 7) is 9.55. The SMILES string of the molecule is CO[C@@H]1CCN(c2cc3c(cnn3-c3cc(N4C[C@H](CS(C)(=O)=O)[C@H]4C)nc(C(C)C)n3)c(C)n2)C[C@@H]1F. The first-order valence-electron chi connectivity index (χ1n) is 13.1. The summed E-state index contributed by atoms with van der Waals surface area (Å²) in [5.74, 6) is 3.09. The van der Waals surface area contributed by atoms with Gasteiger partial charge in [-0.3, -0.25) is 0 Å². The van der Waals surface area contributed by atoms with Crippen molar-refractivity contribution in [3.05, 3.63) is 29.8 Å². The highest BCUT2D eigenvalue weighted by Gasteiger charge is 2.38. The van der Waals surface area contributed by atoms with Crippen LogP contribution in [0.15, 0.2) is 18.3 Å². The van der Waals surface area contributed by atoms with Crippen molar-refractivity contribution in [2.75, 3.05) is 48.6 Å². The summed E-state index contributed by atoms with van der Waals surface area (Å²) in [5, 5.41) is 5.55. The molecule has 2 aliphatic rings. The van der Waals surface area contributed by atoms with Crippen molar-refractivity contribution in [1.29, 1.82) is 0 Å². The first-order chi connectivity index (χ1) is 17.9. The molecule has 2 fully saturated rings. The fourth-order valence-corrected chi connectivity index (χ4v) is 6.55. The van der Waals surface area contributed by atoms with E-state index in [0.717, 1.165) is 22.4 Å². The Kier molecular flexibility index (Phi) is 7.06. The molecule has 0 N–H and O–H groups in total. The summed E-state index contributed by atoms with van der Waals surface area (Å²) in [4.78, 5) is 18.5. The third kappa shape index (κ3) is 5.07. The number of sulfone groups is 1. The summed E-state index contributed by atoms with van der Waals surface area (Å²) in [5.41, 5.74) is 1.65. The van der Waals surface area contributed by atoms with E-state index in [1.807, 2.05) is 44.7 Å². The molecule has 5 rings (SSSR count). The monoisotopic (exact) mass is 545 g/mol. The van der Waals surface area contributed by atoms with Gasteiger partial charge in [0.25, 0.3) is 0 Å². The third-order valence-electron chi connectivity index (χ3n) is 7.72. The second-order valence-electron chi connectivity index (χ2n) is 10.9. The van der Waals surface area contributed by atoms with Crippen molar-refractivity contribution >= 4 is 32.4 Å². The van der Waals surface area contributed by atoms with Crippen molar-refractivity contribution in [2.24, 2.45) is 5.92 Å². The number of nitrogens with zero attached hydrogens (tertiary/aromatic N) is 7. The number of rotatable bonds is 7. The summed E-state index contributed by atoms with van der Waals surface area (Å²) in [7, 11) is -1.50. The molecule has 0 aromatic carbocycles. The second kappa shape index (κ2) is 10.0. The van der Waals surface area contributed by atoms with E-state index in [9.17, 15) is 12.8 Å². The molecule has 0 radical (unpaired) electrons. The molecule has 0 saturated carbocycles. The molecule has 0 spiro atoms. The Morgan fingerprint density at radius 2 is 1.87 bits per heavy atom. The van der Waals surface area contributed by atoms with Crippen LogP contribution in [0.4, 0.5) is 16.0 Å². The molecule has 0 aliphatic carbocycles. The molecule has 2 saturated heterocycles. The summed E-state index contributed by atoms with van der Waals surface area (Å²) in [6, 6.07) is 3.90. The molecular formula is C26H36FN7O3S. The van der Waals surface area contributed by atoms with Gasteiger partial charge in [0, 0.05) is 61.9 Å². The topological polar surface area (TPSA) is 106 Å². The van der Waals surface area contributed by atoms with Crippen LogP contribution in [-0.2, 0) is 14.6 Å². The zero-order chi connectivity index (χ0) is 27.4. The predicted octanol–water partition coefficient (Wildman–Crippen LogP) is 3.07. The van der Waals surface area contributed by atoms with Gasteiger partial charge in [-0.05, 0) is 20.3 Å². The Bertz CT molecular complexity index is 1440. The normalized spacial score (nSPS) is 24.3. The number of piperidine rings is 1. The molecule has 0 unspecified atom stereocenters. The predicted molar refractivity (Wildman–Crippen MR) is 146 cm³/mol. The first kappa shape index (κ1) is 26.7. The van der Waals surface area contributed by atoms with Gasteiger partial charge < -0.3 is 14.5 Å². The van der Waals surface area contributed by atoms with Crippen molar-refractivity contribution in [3.8, 4) is 5.82 Å². The first-order valence-corrected chi connectivity index (χ1v) is 15.1. The molecule has 2 aliphatic heterocycles. The smallest absolute Gasteiger partial charge is 0.159 e. The number of fused-ring (bicyclic) bond motifs is 1. The number of aryl methyl sites for hydroxylation is 1. The lowest BCUT2D eigenvalue weighted by molar-refractivity contribution is 0.0195. The van der Waals surface area contributed by atoms with E-state index < -0.39 is 22.1 Å². The standard InChI is InChI=1S/C26H36FN7O3S/c1-15(2)26-30-24(33-12-18(17(33)4)14-38(6,35)36)10-25(31-26)34-21-9-23(29-16(3)19(21)11-28-34)32-8-7-22(37-5)20(27)13-32/h9-11,15,17-18,20,22H,7-8,12-14H2,1-6H3/t17-,18-,20+,22-/m1/s1. The zero-order valence-corrected chi connectivity index (χ0v) is 23.6. The van der Waals surface area contributed by atoms with Gasteiger partial charge in [-0.15, -0.1) is 0 Å². The van der Waals surface area contributed by atoms with E-state index in [2.05, 4.69) is 10.00 Å². The molecule has 5 heterocycles. The molecule has 10 nitrogen and oxygen atoms in total. The Morgan fingerprint density at radius 1 is 1.13 bits per heavy atom. The molecule has 3 aromatic heterocycles. The minimum absolute atomic E-state index is 0.0450. The van der Waals surface area contributed by atoms with Crippen molar-refractivity contribution in [1.82, 2.24) is 24.7 Å². The third-order valence-corrected chi connectivity index (χ3v) is 8.75. The van der Waals surface area contributed by atoms with E-state index in [4.69, 9.17) is 19.7 Å². The van der Waals surface area contributed by atoms with E-state index in [0.29, 0.717) is 37.0 Å². The maximum absolute atomic E-state index is 14.6. The van der Waals surface area contributed by atoms with Gasteiger partial charge in [0.15, 0.2) is 5.82 Å². The minimum Gasteiger partial charge on any atom is -0.378 e. The van der Waals surface area contributed by atoms with Gasteiger partial charge in [0.2, 0.25) is 0 Å². The molecule has 4 atom stereocenters. The molecule has 206 valence electrons. The van der Waals surface area contributed by atoms with Crippen LogP contribution in [0, 0.1) is 12.8 Å². The fourth-order valence-electron chi connectivity index (χ4n) is 5.39. The highest BCUT2D eigenvalue weighted by molar-refractivity contribution is 7.90. The van der Waals surface area contributed by atoms with E-state index in [-0.39, 0.29) is 30.2 Å². The molecular weight excluding hydrogens is 509 g/mol. The Balaban J connectivity index is 1.51. The number of ether oxygens (including phenoxy) is 1. The molecule has 12 heteroatoms. The maximum atomic E-state index is 14.6. The van der Waals surface area contributed by atoms with Gasteiger partial charge in [-0.1, -0.05) is 13.8 Å². The van der Waals surface area contributed by atoms with Crippen LogP contribution < -0.4 is 9.80 Å². The van der Waals surface area contributed by atoms with Crippen LogP contribution in [-0.4, -0.2) is 90.2 Å². The largest absolute Gasteiger partial charge is 0.378 e. The van der Waals surface area contributed by atoms with Crippen LogP contribution in [0.5, 0.6) is 0 Å². The van der Waals surface area contributed by atoms with Crippen LogP contribution in [0.25, 0.3) is 16.7 Å². The average molecular weight is 546 g/mol. The number of aromatic nitrogens is 5. The Hall–Kier alpha value is -2.86. The van der Waals surface area contributed by atoms with Crippen molar-refractivity contribution < 1.29 is 17.5 Å². The van der Waals surface area contributed by atoms with Gasteiger partial charge in [0.05, 0.1) is 35.8 Å². The summed E-state index contributed by atoms with van der Waals surface area (Å²) < 4.78 is 45.4. The van der Waals surface area contributed by atoms with Gasteiger partial charge in [0.1, 0.15) is 33.5 Å². The number of halogens is 1. The van der Waals surface area contributed by atoms with Gasteiger partial charge in [-0.25, -0.2) is 32.4 Å². The maximum Gasteiger partial charge on any atom is 0.159 e. The average Bonchev–Trinajstić information content (AvgIpc) is 3.30. The van der Waals surface area contributed by atoms with Crippen molar-refractivity contribution in [3.63, 3.8) is 0 Å². The molecule has 0 bridgehead atoms. The lowest BCUT2D eigenvalue weighted by atomic mass is 9.92. The minimum atomic E-state index is -3.05. The number of methoxy groups -OCH3 is 1. The Labute approximate surface area is 223 Å². The lowest BCUT2D eigenvalue weighted by Crippen LogP contribution is -2.57. The summed E-state index contributed by atoms with van der Waals surface area (Å²) in [6.07, 6.45) is 2.18. The van der Waals surface area contributed by atoms with Gasteiger partial charge >= 0.3 is 0 Å². The number of pyridine rings is 1. The zero-order valence-electron chi connectivity index (χ0n) is 22.8. The Morgan fingerprint density at radius 3 is 2.50 bits per heavy atom. The highest BCUT2D eigenvalue weighted by atomic mass is 32.2. The lowest BCUT2D eigenvalue weighted by Gasteiger charge is -2.47. The highest BCUT2D eigenvalue weighted by Crippen LogP contribution is 2.33. The van der Waals surface area contributed by atoms with Crippen LogP contribution in [0.3, 0.4) is 0 Å². The number of anilines is 2. The molecule has 3 aromatic rings. The second-order valence-corrected chi connectivity index (χ2v) is 13.1. The van der Waals surface area contributed by atoms with E-state index in [1.165, 1.54) is 6.26 Å². The fraction of sp³-hybridized carbons (Fsp3) is 0.615. The van der Waals surface area contributed by atoms with Crippen LogP contribution in [0.1, 0.15) is 44.6 Å². The quantitative estimate of drug-likeness (QED) is 0.443. The molecule has 38 heavy (non-hydrogen) atoms. The summed E-state index contributed by atoms with van der Waals surface area (Å²) >= 11 is 0. The number of alkyl halides is 1. The van der Waals surface area contributed by atoms with E-state index >= 15 is 0 Å². The van der Waals surface area contributed by atoms with Crippen molar-refractivity contribution in [2.45, 2.75) is 58.4 Å². The number of hydrogen-bond acceptors (Lipinski definition) is 9.